The van der Waals surface area contributed by atoms with Crippen LogP contribution in [0.3, 0.4) is 0 Å². The van der Waals surface area contributed by atoms with Crippen molar-refractivity contribution >= 4 is 16.8 Å². The van der Waals surface area contributed by atoms with Gasteiger partial charge in [0.05, 0.1) is 6.04 Å². The van der Waals surface area contributed by atoms with Crippen LogP contribution in [0.25, 0.3) is 10.9 Å². The molecule has 24 heavy (non-hydrogen) atoms. The van der Waals surface area contributed by atoms with E-state index in [0.717, 1.165) is 36.9 Å². The van der Waals surface area contributed by atoms with Gasteiger partial charge in [0.15, 0.2) is 0 Å². The molecule has 3 nitrogen and oxygen atoms in total. The molecule has 0 radical (unpaired) electrons. The van der Waals surface area contributed by atoms with Crippen molar-refractivity contribution in [2.24, 2.45) is 0 Å². The Morgan fingerprint density at radius 2 is 2.04 bits per heavy atom. The number of H-pyrrole nitrogens is 1. The Kier molecular flexibility index (Phi) is 2.87. The van der Waals surface area contributed by atoms with Gasteiger partial charge in [-0.1, -0.05) is 29.8 Å². The zero-order valence-electron chi connectivity index (χ0n) is 13.8. The van der Waals surface area contributed by atoms with Crippen LogP contribution in [-0.2, 0) is 13.0 Å². The molecule has 3 aromatic rings. The third kappa shape index (κ3) is 1.87. The number of nitrogens with one attached hydrogen (secondary N) is 1. The summed E-state index contributed by atoms with van der Waals surface area (Å²) in [5.41, 5.74) is 7.17. The lowest BCUT2D eigenvalue weighted by atomic mass is 9.90. The van der Waals surface area contributed by atoms with Gasteiger partial charge < -0.3 is 9.88 Å². The van der Waals surface area contributed by atoms with E-state index in [9.17, 15) is 4.79 Å². The summed E-state index contributed by atoms with van der Waals surface area (Å²) in [7, 11) is 0. The molecule has 0 bridgehead atoms. The fourth-order valence-corrected chi connectivity index (χ4v) is 4.39. The average Bonchev–Trinajstić information content (AvgIpc) is 3.13. The summed E-state index contributed by atoms with van der Waals surface area (Å²) in [5.74, 6) is 0.179. The Balaban J connectivity index is 1.61. The number of fused-ring (bicyclic) bond motifs is 4. The minimum absolute atomic E-state index is 0.168. The highest BCUT2D eigenvalue weighted by molar-refractivity contribution is 5.98. The molecule has 0 spiro atoms. The number of benzene rings is 2. The van der Waals surface area contributed by atoms with Gasteiger partial charge in [-0.15, -0.1) is 0 Å². The molecule has 2 aliphatic rings. The van der Waals surface area contributed by atoms with Crippen molar-refractivity contribution in [1.82, 2.24) is 9.88 Å². The number of aromatic amines is 1. The van der Waals surface area contributed by atoms with Crippen LogP contribution in [0, 0.1) is 6.92 Å². The molecular formula is C21H20N2O. The monoisotopic (exact) mass is 316 g/mol. The molecule has 2 aromatic carbocycles. The molecule has 1 amide bonds. The first-order valence-corrected chi connectivity index (χ1v) is 8.72. The first kappa shape index (κ1) is 13.8. The summed E-state index contributed by atoms with van der Waals surface area (Å²) < 4.78 is 0. The Morgan fingerprint density at radius 1 is 1.17 bits per heavy atom. The fourth-order valence-electron chi connectivity index (χ4n) is 4.39. The van der Waals surface area contributed by atoms with E-state index >= 15 is 0 Å². The first-order valence-electron chi connectivity index (χ1n) is 8.72. The van der Waals surface area contributed by atoms with E-state index in [4.69, 9.17) is 0 Å². The number of rotatable bonds is 1. The molecule has 0 fully saturated rings. The standard InChI is InChI=1S/C21H20N2O/c1-13-9-10-18-17(11-13)16-7-4-8-19(20(16)22-18)23-12-14-5-2-3-6-15(14)21(23)24/h2-3,5-6,9-11,19,22H,4,7-8,12H2,1H3. The second-order valence-corrected chi connectivity index (χ2v) is 7.06. The predicted octanol–water partition coefficient (Wildman–Crippen LogP) is 4.51. The van der Waals surface area contributed by atoms with Gasteiger partial charge in [-0.3, -0.25) is 4.79 Å². The smallest absolute Gasteiger partial charge is 0.255 e. The van der Waals surface area contributed by atoms with E-state index in [2.05, 4.69) is 41.1 Å². The number of carbonyl (C=O) groups is 1. The SMILES string of the molecule is Cc1ccc2[nH]c3c(c2c1)CCCC3N1Cc2ccccc2C1=O. The maximum Gasteiger partial charge on any atom is 0.255 e. The fraction of sp³-hybridized carbons (Fsp3) is 0.286. The van der Waals surface area contributed by atoms with Crippen LogP contribution in [-0.4, -0.2) is 15.8 Å². The Morgan fingerprint density at radius 3 is 2.92 bits per heavy atom. The van der Waals surface area contributed by atoms with E-state index in [0.29, 0.717) is 0 Å². The van der Waals surface area contributed by atoms with Crippen LogP contribution < -0.4 is 0 Å². The quantitative estimate of drug-likeness (QED) is 0.704. The molecule has 1 unspecified atom stereocenters. The maximum atomic E-state index is 12.9. The van der Waals surface area contributed by atoms with Gasteiger partial charge in [-0.2, -0.15) is 0 Å². The highest BCUT2D eigenvalue weighted by Gasteiger charge is 2.36. The van der Waals surface area contributed by atoms with Gasteiger partial charge in [0.25, 0.3) is 5.91 Å². The zero-order valence-corrected chi connectivity index (χ0v) is 13.8. The summed E-state index contributed by atoms with van der Waals surface area (Å²) in [4.78, 5) is 18.6. The Labute approximate surface area is 141 Å². The molecule has 0 saturated carbocycles. The zero-order chi connectivity index (χ0) is 16.3. The molecule has 5 rings (SSSR count). The summed E-state index contributed by atoms with van der Waals surface area (Å²) in [5, 5.41) is 1.33. The molecule has 120 valence electrons. The summed E-state index contributed by atoms with van der Waals surface area (Å²) >= 11 is 0. The van der Waals surface area contributed by atoms with Gasteiger partial charge >= 0.3 is 0 Å². The number of carbonyl (C=O) groups excluding carboxylic acids is 1. The van der Waals surface area contributed by atoms with Gasteiger partial charge in [0.1, 0.15) is 0 Å². The minimum Gasteiger partial charge on any atom is -0.356 e. The third-order valence-corrected chi connectivity index (χ3v) is 5.56. The van der Waals surface area contributed by atoms with Crippen LogP contribution in [0.2, 0.25) is 0 Å². The normalized spacial score (nSPS) is 19.6. The molecule has 1 aliphatic heterocycles. The predicted molar refractivity (Wildman–Crippen MR) is 95.0 cm³/mol. The van der Waals surface area contributed by atoms with Gasteiger partial charge in [0, 0.05) is 28.7 Å². The summed E-state index contributed by atoms with van der Waals surface area (Å²) in [6.45, 7) is 2.87. The maximum absolute atomic E-state index is 12.9. The molecular weight excluding hydrogens is 296 g/mol. The lowest BCUT2D eigenvalue weighted by Crippen LogP contribution is -2.31. The molecule has 2 heterocycles. The summed E-state index contributed by atoms with van der Waals surface area (Å²) in [6, 6.07) is 14.8. The van der Waals surface area contributed by atoms with E-state index in [-0.39, 0.29) is 11.9 Å². The highest BCUT2D eigenvalue weighted by atomic mass is 16.2. The molecule has 0 saturated heterocycles. The van der Waals surface area contributed by atoms with Crippen molar-refractivity contribution in [2.75, 3.05) is 0 Å². The number of aryl methyl sites for hydroxylation is 2. The van der Waals surface area contributed by atoms with Gasteiger partial charge in [-0.25, -0.2) is 0 Å². The first-order chi connectivity index (χ1) is 11.7. The van der Waals surface area contributed by atoms with Crippen LogP contribution in [0.4, 0.5) is 0 Å². The van der Waals surface area contributed by atoms with E-state index in [1.807, 2.05) is 18.2 Å². The van der Waals surface area contributed by atoms with Crippen LogP contribution >= 0.6 is 0 Å². The lowest BCUT2D eigenvalue weighted by Gasteiger charge is -2.31. The highest BCUT2D eigenvalue weighted by Crippen LogP contribution is 2.41. The number of hydrogen-bond acceptors (Lipinski definition) is 1. The van der Waals surface area contributed by atoms with E-state index in [1.165, 1.54) is 27.7 Å². The second-order valence-electron chi connectivity index (χ2n) is 7.06. The average molecular weight is 316 g/mol. The van der Waals surface area contributed by atoms with Crippen LogP contribution in [0.15, 0.2) is 42.5 Å². The lowest BCUT2D eigenvalue weighted by molar-refractivity contribution is 0.0679. The largest absolute Gasteiger partial charge is 0.356 e. The molecule has 1 atom stereocenters. The van der Waals surface area contributed by atoms with E-state index < -0.39 is 0 Å². The summed E-state index contributed by atoms with van der Waals surface area (Å²) in [6.07, 6.45) is 3.28. The van der Waals surface area contributed by atoms with Gasteiger partial charge in [-0.05, 0) is 55.5 Å². The van der Waals surface area contributed by atoms with Crippen LogP contribution in [0.1, 0.15) is 51.6 Å². The number of hydrogen-bond donors (Lipinski definition) is 1. The van der Waals surface area contributed by atoms with Crippen molar-refractivity contribution in [3.8, 4) is 0 Å². The molecule has 3 heteroatoms. The van der Waals surface area contributed by atoms with Crippen molar-refractivity contribution < 1.29 is 4.79 Å². The van der Waals surface area contributed by atoms with Crippen molar-refractivity contribution in [1.29, 1.82) is 0 Å². The molecule has 1 aliphatic carbocycles. The number of amides is 1. The third-order valence-electron chi connectivity index (χ3n) is 5.56. The Bertz CT molecular complexity index is 969. The second kappa shape index (κ2) is 4.97. The molecule has 1 aromatic heterocycles. The van der Waals surface area contributed by atoms with Crippen LogP contribution in [0.5, 0.6) is 0 Å². The van der Waals surface area contributed by atoms with Gasteiger partial charge in [0.2, 0.25) is 0 Å². The topological polar surface area (TPSA) is 36.1 Å². The molecule has 1 N–H and O–H groups in total. The van der Waals surface area contributed by atoms with Crippen molar-refractivity contribution in [2.45, 2.75) is 38.8 Å². The number of nitrogens with zero attached hydrogens (tertiary/aromatic N) is 1. The van der Waals surface area contributed by atoms with Crippen molar-refractivity contribution in [3.05, 3.63) is 70.4 Å². The number of aromatic nitrogens is 1. The van der Waals surface area contributed by atoms with Crippen molar-refractivity contribution in [3.63, 3.8) is 0 Å². The Hall–Kier alpha value is -2.55. The minimum atomic E-state index is 0.168. The van der Waals surface area contributed by atoms with E-state index in [1.54, 1.807) is 0 Å².